The molecule has 1 atom stereocenters. The van der Waals surface area contributed by atoms with Gasteiger partial charge in [-0.1, -0.05) is 29.3 Å². The molecule has 1 aromatic carbocycles. The molecule has 0 aliphatic rings. The standard InChI is InChI=1S/C12H16F3N/c1-8-3-9(2)5-10(4-8)6-11(16)7-12(13,14)15/h3-5,11H,6-7,16H2,1-2H3. The molecule has 4 heteroatoms. The number of hydrogen-bond acceptors (Lipinski definition) is 1. The van der Waals surface area contributed by atoms with Crippen molar-refractivity contribution in [2.45, 2.75) is 38.9 Å². The van der Waals surface area contributed by atoms with E-state index in [0.717, 1.165) is 16.7 Å². The van der Waals surface area contributed by atoms with Gasteiger partial charge in [0.1, 0.15) is 0 Å². The lowest BCUT2D eigenvalue weighted by Gasteiger charge is -2.14. The minimum atomic E-state index is -4.18. The normalized spacial score (nSPS) is 13.9. The maximum atomic E-state index is 12.1. The van der Waals surface area contributed by atoms with Crippen LogP contribution in [0.5, 0.6) is 0 Å². The Bertz CT molecular complexity index is 338. The third kappa shape index (κ3) is 4.66. The lowest BCUT2D eigenvalue weighted by Crippen LogP contribution is -2.29. The number of aryl methyl sites for hydroxylation is 2. The zero-order valence-corrected chi connectivity index (χ0v) is 9.43. The predicted octanol–water partition coefficient (Wildman–Crippen LogP) is 3.13. The third-order valence-electron chi connectivity index (χ3n) is 2.27. The molecule has 1 rings (SSSR count). The van der Waals surface area contributed by atoms with Crippen molar-refractivity contribution >= 4 is 0 Å². The lowest BCUT2D eigenvalue weighted by molar-refractivity contribution is -0.138. The minimum Gasteiger partial charge on any atom is -0.327 e. The molecule has 0 saturated carbocycles. The average Bonchev–Trinajstić information content (AvgIpc) is 1.96. The van der Waals surface area contributed by atoms with Gasteiger partial charge >= 0.3 is 6.18 Å². The first kappa shape index (κ1) is 13.0. The van der Waals surface area contributed by atoms with E-state index in [9.17, 15) is 13.2 Å². The summed E-state index contributed by atoms with van der Waals surface area (Å²) in [5.74, 6) is 0. The summed E-state index contributed by atoms with van der Waals surface area (Å²) < 4.78 is 36.3. The van der Waals surface area contributed by atoms with E-state index in [1.54, 1.807) is 0 Å². The highest BCUT2D eigenvalue weighted by molar-refractivity contribution is 5.29. The molecule has 1 unspecified atom stereocenters. The molecule has 0 fully saturated rings. The van der Waals surface area contributed by atoms with Crippen LogP contribution in [0.4, 0.5) is 13.2 Å². The van der Waals surface area contributed by atoms with Gasteiger partial charge in [0.05, 0.1) is 6.42 Å². The average molecular weight is 231 g/mol. The Balaban J connectivity index is 2.66. The van der Waals surface area contributed by atoms with E-state index in [4.69, 9.17) is 5.73 Å². The number of rotatable bonds is 3. The quantitative estimate of drug-likeness (QED) is 0.849. The Kier molecular flexibility index (Phi) is 3.97. The third-order valence-corrected chi connectivity index (χ3v) is 2.27. The van der Waals surface area contributed by atoms with Gasteiger partial charge in [0.25, 0.3) is 0 Å². The Morgan fingerprint density at radius 1 is 1.12 bits per heavy atom. The van der Waals surface area contributed by atoms with Crippen LogP contribution in [0.3, 0.4) is 0 Å². The molecule has 0 bridgehead atoms. The van der Waals surface area contributed by atoms with Gasteiger partial charge in [-0.2, -0.15) is 13.2 Å². The Hall–Kier alpha value is -1.03. The maximum Gasteiger partial charge on any atom is 0.390 e. The van der Waals surface area contributed by atoms with Crippen LogP contribution in [-0.2, 0) is 6.42 Å². The maximum absolute atomic E-state index is 12.1. The summed E-state index contributed by atoms with van der Waals surface area (Å²) in [7, 11) is 0. The van der Waals surface area contributed by atoms with Gasteiger partial charge in [0, 0.05) is 6.04 Å². The molecule has 1 nitrogen and oxygen atoms in total. The summed E-state index contributed by atoms with van der Waals surface area (Å²) in [4.78, 5) is 0. The van der Waals surface area contributed by atoms with E-state index in [1.807, 2.05) is 32.0 Å². The highest BCUT2D eigenvalue weighted by Crippen LogP contribution is 2.22. The van der Waals surface area contributed by atoms with E-state index in [1.165, 1.54) is 0 Å². The van der Waals surface area contributed by atoms with E-state index in [0.29, 0.717) is 0 Å². The van der Waals surface area contributed by atoms with Gasteiger partial charge in [-0.3, -0.25) is 0 Å². The van der Waals surface area contributed by atoms with Gasteiger partial charge in [0.2, 0.25) is 0 Å². The molecule has 16 heavy (non-hydrogen) atoms. The van der Waals surface area contributed by atoms with Crippen molar-refractivity contribution in [2.75, 3.05) is 0 Å². The monoisotopic (exact) mass is 231 g/mol. The second kappa shape index (κ2) is 4.87. The van der Waals surface area contributed by atoms with Crippen LogP contribution in [0, 0.1) is 13.8 Å². The lowest BCUT2D eigenvalue weighted by atomic mass is 10.00. The Morgan fingerprint density at radius 3 is 2.06 bits per heavy atom. The molecule has 0 aromatic heterocycles. The van der Waals surface area contributed by atoms with Crippen molar-refractivity contribution in [1.29, 1.82) is 0 Å². The highest BCUT2D eigenvalue weighted by atomic mass is 19.4. The van der Waals surface area contributed by atoms with E-state index < -0.39 is 18.6 Å². The van der Waals surface area contributed by atoms with Crippen LogP contribution in [0.2, 0.25) is 0 Å². The molecular weight excluding hydrogens is 215 g/mol. The molecule has 0 saturated heterocycles. The van der Waals surface area contributed by atoms with Crippen molar-refractivity contribution in [3.05, 3.63) is 34.9 Å². The smallest absolute Gasteiger partial charge is 0.327 e. The van der Waals surface area contributed by atoms with Gasteiger partial charge in [0.15, 0.2) is 0 Å². The zero-order valence-electron chi connectivity index (χ0n) is 9.43. The molecule has 90 valence electrons. The van der Waals surface area contributed by atoms with Gasteiger partial charge < -0.3 is 5.73 Å². The molecule has 0 spiro atoms. The molecule has 0 heterocycles. The molecule has 2 N–H and O–H groups in total. The van der Waals surface area contributed by atoms with E-state index in [-0.39, 0.29) is 6.42 Å². The number of nitrogens with two attached hydrogens (primary N) is 1. The number of hydrogen-bond donors (Lipinski definition) is 1. The first-order valence-electron chi connectivity index (χ1n) is 5.16. The fourth-order valence-corrected chi connectivity index (χ4v) is 1.86. The molecule has 0 aliphatic heterocycles. The number of halogens is 3. The number of benzene rings is 1. The van der Waals surface area contributed by atoms with Crippen LogP contribution < -0.4 is 5.73 Å². The van der Waals surface area contributed by atoms with Crippen molar-refractivity contribution < 1.29 is 13.2 Å². The minimum absolute atomic E-state index is 0.266. The topological polar surface area (TPSA) is 26.0 Å². The summed E-state index contributed by atoms with van der Waals surface area (Å²) in [6.45, 7) is 3.84. The Morgan fingerprint density at radius 2 is 1.62 bits per heavy atom. The fraction of sp³-hybridized carbons (Fsp3) is 0.500. The molecule has 0 amide bonds. The Labute approximate surface area is 93.5 Å². The van der Waals surface area contributed by atoms with Crippen LogP contribution in [-0.4, -0.2) is 12.2 Å². The molecular formula is C12H16F3N. The SMILES string of the molecule is Cc1cc(C)cc(CC(N)CC(F)(F)F)c1. The molecule has 0 radical (unpaired) electrons. The van der Waals surface area contributed by atoms with Crippen molar-refractivity contribution in [1.82, 2.24) is 0 Å². The summed E-state index contributed by atoms with van der Waals surface area (Å²) in [5.41, 5.74) is 8.44. The molecule has 0 aliphatic carbocycles. The first-order chi connectivity index (χ1) is 7.26. The summed E-state index contributed by atoms with van der Waals surface area (Å²) >= 11 is 0. The predicted molar refractivity (Wildman–Crippen MR) is 58.3 cm³/mol. The van der Waals surface area contributed by atoms with Crippen LogP contribution in [0.15, 0.2) is 18.2 Å². The largest absolute Gasteiger partial charge is 0.390 e. The van der Waals surface area contributed by atoms with E-state index in [2.05, 4.69) is 0 Å². The summed E-state index contributed by atoms with van der Waals surface area (Å²) in [5, 5.41) is 0. The zero-order chi connectivity index (χ0) is 12.3. The highest BCUT2D eigenvalue weighted by Gasteiger charge is 2.30. The van der Waals surface area contributed by atoms with Crippen molar-refractivity contribution in [3.63, 3.8) is 0 Å². The van der Waals surface area contributed by atoms with Gasteiger partial charge in [-0.15, -0.1) is 0 Å². The van der Waals surface area contributed by atoms with Crippen LogP contribution in [0.1, 0.15) is 23.1 Å². The van der Waals surface area contributed by atoms with Crippen LogP contribution in [0.25, 0.3) is 0 Å². The second-order valence-corrected chi connectivity index (χ2v) is 4.28. The van der Waals surface area contributed by atoms with Crippen molar-refractivity contribution in [3.8, 4) is 0 Å². The van der Waals surface area contributed by atoms with Gasteiger partial charge in [-0.25, -0.2) is 0 Å². The fourth-order valence-electron chi connectivity index (χ4n) is 1.86. The molecule has 1 aromatic rings. The van der Waals surface area contributed by atoms with Crippen molar-refractivity contribution in [2.24, 2.45) is 5.73 Å². The summed E-state index contributed by atoms with van der Waals surface area (Å²) in [6, 6.07) is 4.88. The van der Waals surface area contributed by atoms with Crippen LogP contribution >= 0.6 is 0 Å². The first-order valence-corrected chi connectivity index (χ1v) is 5.16. The van der Waals surface area contributed by atoms with E-state index >= 15 is 0 Å². The number of alkyl halides is 3. The summed E-state index contributed by atoms with van der Waals surface area (Å²) in [6.07, 6.45) is -4.85. The van der Waals surface area contributed by atoms with Gasteiger partial charge in [-0.05, 0) is 25.8 Å². The second-order valence-electron chi connectivity index (χ2n) is 4.28.